The summed E-state index contributed by atoms with van der Waals surface area (Å²) in [5, 5.41) is 12.0. The van der Waals surface area contributed by atoms with Gasteiger partial charge in [0.15, 0.2) is 0 Å². The molecule has 0 aromatic heterocycles. The highest BCUT2D eigenvalue weighted by Gasteiger charge is 2.36. The molecule has 0 fully saturated rings. The molecule has 0 radical (unpaired) electrons. The van der Waals surface area contributed by atoms with Crippen LogP contribution < -0.4 is 5.32 Å². The Morgan fingerprint density at radius 2 is 2.00 bits per heavy atom. The van der Waals surface area contributed by atoms with Crippen molar-refractivity contribution in [1.82, 2.24) is 5.32 Å². The van der Waals surface area contributed by atoms with Crippen molar-refractivity contribution < 1.29 is 14.7 Å². The number of thioether (sulfide) groups is 1. The minimum absolute atomic E-state index is 0.0570. The standard InChI is InChI=1S/C13H23NO3S/c1-4-8-18-9-7-14-11(15)10-13(5-2,6-3)12(16)17/h4H,1,5-10H2,2-3H3,(H,14,15)(H,16,17). The first-order chi connectivity index (χ1) is 8.52. The van der Waals surface area contributed by atoms with Crippen LogP contribution in [0.2, 0.25) is 0 Å². The Bertz CT molecular complexity index is 288. The minimum atomic E-state index is -0.918. The fraction of sp³-hybridized carbons (Fsp3) is 0.692. The van der Waals surface area contributed by atoms with E-state index in [0.29, 0.717) is 19.4 Å². The van der Waals surface area contributed by atoms with Crippen molar-refractivity contribution in [2.24, 2.45) is 5.41 Å². The van der Waals surface area contributed by atoms with Crippen LogP contribution in [-0.4, -0.2) is 35.0 Å². The van der Waals surface area contributed by atoms with Gasteiger partial charge in [0, 0.05) is 24.5 Å². The third kappa shape index (κ3) is 5.58. The first-order valence-corrected chi connectivity index (χ1v) is 7.36. The van der Waals surface area contributed by atoms with Gasteiger partial charge in [-0.15, -0.1) is 6.58 Å². The van der Waals surface area contributed by atoms with Crippen LogP contribution in [0, 0.1) is 5.41 Å². The highest BCUT2D eigenvalue weighted by atomic mass is 32.2. The molecule has 0 saturated carbocycles. The largest absolute Gasteiger partial charge is 0.481 e. The van der Waals surface area contributed by atoms with Gasteiger partial charge in [-0.25, -0.2) is 0 Å². The summed E-state index contributed by atoms with van der Waals surface area (Å²) in [6.07, 6.45) is 2.81. The van der Waals surface area contributed by atoms with Gasteiger partial charge < -0.3 is 10.4 Å². The lowest BCUT2D eigenvalue weighted by atomic mass is 9.79. The van der Waals surface area contributed by atoms with Gasteiger partial charge in [0.1, 0.15) is 0 Å². The van der Waals surface area contributed by atoms with E-state index in [4.69, 9.17) is 0 Å². The lowest BCUT2D eigenvalue weighted by Gasteiger charge is -2.25. The van der Waals surface area contributed by atoms with E-state index >= 15 is 0 Å². The van der Waals surface area contributed by atoms with E-state index in [0.717, 1.165) is 11.5 Å². The molecule has 0 aromatic carbocycles. The molecule has 0 unspecified atom stereocenters. The lowest BCUT2D eigenvalue weighted by Crippen LogP contribution is -2.37. The Hall–Kier alpha value is -0.970. The van der Waals surface area contributed by atoms with Gasteiger partial charge in [-0.2, -0.15) is 11.8 Å². The van der Waals surface area contributed by atoms with E-state index in [1.165, 1.54) is 0 Å². The van der Waals surface area contributed by atoms with Crippen LogP contribution in [0.15, 0.2) is 12.7 Å². The second-order valence-electron chi connectivity index (χ2n) is 4.18. The van der Waals surface area contributed by atoms with Gasteiger partial charge in [-0.3, -0.25) is 9.59 Å². The molecule has 0 aliphatic rings. The predicted octanol–water partition coefficient (Wildman–Crippen LogP) is 2.30. The van der Waals surface area contributed by atoms with Crippen molar-refractivity contribution in [3.8, 4) is 0 Å². The molecule has 0 spiro atoms. The van der Waals surface area contributed by atoms with E-state index in [2.05, 4.69) is 11.9 Å². The van der Waals surface area contributed by atoms with Crippen LogP contribution in [0.4, 0.5) is 0 Å². The molecule has 0 saturated heterocycles. The number of carbonyl (C=O) groups excluding carboxylic acids is 1. The van der Waals surface area contributed by atoms with Crippen molar-refractivity contribution in [3.05, 3.63) is 12.7 Å². The van der Waals surface area contributed by atoms with Crippen LogP contribution in [0.5, 0.6) is 0 Å². The molecular weight excluding hydrogens is 250 g/mol. The second-order valence-corrected chi connectivity index (χ2v) is 5.33. The summed E-state index contributed by atoms with van der Waals surface area (Å²) in [6.45, 7) is 7.80. The summed E-state index contributed by atoms with van der Waals surface area (Å²) in [4.78, 5) is 22.9. The van der Waals surface area contributed by atoms with E-state index < -0.39 is 11.4 Å². The molecule has 2 N–H and O–H groups in total. The molecule has 0 rings (SSSR count). The van der Waals surface area contributed by atoms with Gasteiger partial charge in [-0.1, -0.05) is 19.9 Å². The Balaban J connectivity index is 4.11. The predicted molar refractivity (Wildman–Crippen MR) is 75.8 cm³/mol. The van der Waals surface area contributed by atoms with E-state index in [9.17, 15) is 14.7 Å². The molecule has 0 aliphatic carbocycles. The Morgan fingerprint density at radius 1 is 1.39 bits per heavy atom. The normalized spacial score (nSPS) is 11.0. The van der Waals surface area contributed by atoms with E-state index in [1.807, 2.05) is 19.9 Å². The summed E-state index contributed by atoms with van der Waals surface area (Å²) in [5.41, 5.74) is -0.918. The number of amides is 1. The molecule has 0 aromatic rings. The molecule has 0 atom stereocenters. The average Bonchev–Trinajstić information content (AvgIpc) is 2.35. The van der Waals surface area contributed by atoms with Crippen molar-refractivity contribution in [1.29, 1.82) is 0 Å². The first-order valence-electron chi connectivity index (χ1n) is 6.21. The van der Waals surface area contributed by atoms with Gasteiger partial charge in [0.05, 0.1) is 5.41 Å². The number of rotatable bonds is 10. The Labute approximate surface area is 113 Å². The second kappa shape index (κ2) is 9.03. The van der Waals surface area contributed by atoms with Gasteiger partial charge in [0.25, 0.3) is 0 Å². The number of carboxylic acid groups (broad SMARTS) is 1. The molecule has 0 aliphatic heterocycles. The van der Waals surface area contributed by atoms with Crippen LogP contribution in [0.1, 0.15) is 33.1 Å². The number of hydrogen-bond acceptors (Lipinski definition) is 3. The van der Waals surface area contributed by atoms with Crippen molar-refractivity contribution in [2.75, 3.05) is 18.1 Å². The topological polar surface area (TPSA) is 66.4 Å². The molecule has 0 bridgehead atoms. The zero-order valence-corrected chi connectivity index (χ0v) is 12.0. The Kier molecular flexibility index (Phi) is 8.54. The molecule has 1 amide bonds. The van der Waals surface area contributed by atoms with Gasteiger partial charge in [0.2, 0.25) is 5.91 Å². The highest BCUT2D eigenvalue weighted by molar-refractivity contribution is 7.99. The van der Waals surface area contributed by atoms with E-state index in [1.54, 1.807) is 11.8 Å². The zero-order valence-electron chi connectivity index (χ0n) is 11.2. The van der Waals surface area contributed by atoms with Gasteiger partial charge in [-0.05, 0) is 12.8 Å². The van der Waals surface area contributed by atoms with Crippen LogP contribution in [-0.2, 0) is 9.59 Å². The number of hydrogen-bond donors (Lipinski definition) is 2. The maximum Gasteiger partial charge on any atom is 0.310 e. The molecule has 5 heteroatoms. The summed E-state index contributed by atoms with van der Waals surface area (Å²) >= 11 is 1.68. The SMILES string of the molecule is C=CCSCCNC(=O)CC(CC)(CC)C(=O)O. The fourth-order valence-electron chi connectivity index (χ4n) is 1.68. The van der Waals surface area contributed by atoms with Gasteiger partial charge >= 0.3 is 5.97 Å². The monoisotopic (exact) mass is 273 g/mol. The molecule has 4 nitrogen and oxygen atoms in total. The molecule has 104 valence electrons. The smallest absolute Gasteiger partial charge is 0.310 e. The quantitative estimate of drug-likeness (QED) is 0.473. The summed E-state index contributed by atoms with van der Waals surface area (Å²) in [7, 11) is 0. The summed E-state index contributed by atoms with van der Waals surface area (Å²) in [6, 6.07) is 0. The van der Waals surface area contributed by atoms with Crippen molar-refractivity contribution >= 4 is 23.6 Å². The van der Waals surface area contributed by atoms with Crippen molar-refractivity contribution in [2.45, 2.75) is 33.1 Å². The maximum absolute atomic E-state index is 11.7. The van der Waals surface area contributed by atoms with Crippen LogP contribution in [0.3, 0.4) is 0 Å². The third-order valence-electron chi connectivity index (χ3n) is 3.11. The molecule has 0 heterocycles. The highest BCUT2D eigenvalue weighted by Crippen LogP contribution is 2.30. The number of carbonyl (C=O) groups is 2. The molecular formula is C13H23NO3S. The first kappa shape index (κ1) is 17.0. The summed E-state index contributed by atoms with van der Waals surface area (Å²) in [5.74, 6) is 0.610. The van der Waals surface area contributed by atoms with E-state index in [-0.39, 0.29) is 12.3 Å². The average molecular weight is 273 g/mol. The maximum atomic E-state index is 11.7. The lowest BCUT2D eigenvalue weighted by molar-refractivity contribution is -0.152. The summed E-state index contributed by atoms with van der Waals surface area (Å²) < 4.78 is 0. The van der Waals surface area contributed by atoms with Crippen molar-refractivity contribution in [3.63, 3.8) is 0 Å². The fourth-order valence-corrected chi connectivity index (χ4v) is 2.26. The minimum Gasteiger partial charge on any atom is -0.481 e. The Morgan fingerprint density at radius 3 is 2.44 bits per heavy atom. The van der Waals surface area contributed by atoms with Crippen LogP contribution >= 0.6 is 11.8 Å². The van der Waals surface area contributed by atoms with Crippen LogP contribution in [0.25, 0.3) is 0 Å². The third-order valence-corrected chi connectivity index (χ3v) is 4.07. The number of carboxylic acids is 1. The molecule has 18 heavy (non-hydrogen) atoms. The zero-order chi connectivity index (χ0) is 14.0. The number of aliphatic carboxylic acids is 1. The number of nitrogens with one attached hydrogen (secondary N) is 1.